The molecule has 0 N–H and O–H groups in total. The molecule has 0 bridgehead atoms. The highest BCUT2D eigenvalue weighted by molar-refractivity contribution is 5.19. The van der Waals surface area contributed by atoms with Gasteiger partial charge in [0.1, 0.15) is 11.9 Å². The van der Waals surface area contributed by atoms with Crippen molar-refractivity contribution < 1.29 is 13.9 Å². The van der Waals surface area contributed by atoms with E-state index < -0.39 is 0 Å². The van der Waals surface area contributed by atoms with E-state index in [9.17, 15) is 4.39 Å². The number of halogens is 1. The van der Waals surface area contributed by atoms with Crippen molar-refractivity contribution >= 4 is 0 Å². The fourth-order valence-electron chi connectivity index (χ4n) is 2.23. The zero-order chi connectivity index (χ0) is 12.8. The van der Waals surface area contributed by atoms with Crippen molar-refractivity contribution in [1.82, 2.24) is 0 Å². The zero-order valence-corrected chi connectivity index (χ0v) is 10.9. The van der Waals surface area contributed by atoms with E-state index in [1.165, 1.54) is 31.4 Å². The van der Waals surface area contributed by atoms with E-state index in [1.807, 2.05) is 6.07 Å². The predicted octanol–water partition coefficient (Wildman–Crippen LogP) is 3.86. The van der Waals surface area contributed by atoms with E-state index in [1.54, 1.807) is 6.07 Å². The largest absolute Gasteiger partial charge is 0.373 e. The Balaban J connectivity index is 1.79. The molecular formula is C15H21FO2. The Hall–Kier alpha value is -0.930. The van der Waals surface area contributed by atoms with Crippen molar-refractivity contribution in [3.05, 3.63) is 35.6 Å². The van der Waals surface area contributed by atoms with Crippen LogP contribution in [0.15, 0.2) is 24.3 Å². The first kappa shape index (κ1) is 13.5. The molecule has 1 heterocycles. The average Bonchev–Trinajstić information content (AvgIpc) is 2.40. The van der Waals surface area contributed by atoms with E-state index >= 15 is 0 Å². The molecular weight excluding hydrogens is 231 g/mol. The summed E-state index contributed by atoms with van der Waals surface area (Å²) in [6, 6.07) is 6.56. The molecule has 18 heavy (non-hydrogen) atoms. The van der Waals surface area contributed by atoms with Gasteiger partial charge in [-0.05, 0) is 24.1 Å². The van der Waals surface area contributed by atoms with E-state index in [4.69, 9.17) is 9.47 Å². The Morgan fingerprint density at radius 3 is 2.78 bits per heavy atom. The molecule has 2 atom stereocenters. The van der Waals surface area contributed by atoms with Crippen LogP contribution in [0, 0.1) is 5.82 Å². The molecule has 0 amide bonds. The maximum absolute atomic E-state index is 13.1. The van der Waals surface area contributed by atoms with Crippen LogP contribution in [0.25, 0.3) is 0 Å². The molecule has 1 aliphatic heterocycles. The van der Waals surface area contributed by atoms with Crippen LogP contribution in [-0.4, -0.2) is 19.3 Å². The number of rotatable bonds is 5. The van der Waals surface area contributed by atoms with Crippen molar-refractivity contribution in [3.8, 4) is 0 Å². The Labute approximate surface area is 108 Å². The third-order valence-electron chi connectivity index (χ3n) is 3.32. The minimum Gasteiger partial charge on any atom is -0.373 e. The fourth-order valence-corrected chi connectivity index (χ4v) is 2.23. The van der Waals surface area contributed by atoms with Crippen molar-refractivity contribution in [2.75, 3.05) is 13.2 Å². The van der Waals surface area contributed by atoms with Crippen molar-refractivity contribution in [2.45, 2.75) is 44.8 Å². The molecule has 0 unspecified atom stereocenters. The first-order chi connectivity index (χ1) is 8.79. The van der Waals surface area contributed by atoms with Gasteiger partial charge in [-0.2, -0.15) is 0 Å². The number of ether oxygens (including phenoxy) is 2. The summed E-state index contributed by atoms with van der Waals surface area (Å²) >= 11 is 0. The lowest BCUT2D eigenvalue weighted by Crippen LogP contribution is -2.31. The highest BCUT2D eigenvalue weighted by Gasteiger charge is 2.23. The van der Waals surface area contributed by atoms with Gasteiger partial charge in [0.15, 0.2) is 0 Å². The van der Waals surface area contributed by atoms with Gasteiger partial charge in [0.25, 0.3) is 0 Å². The maximum atomic E-state index is 13.1. The normalized spacial score (nSPS) is 24.1. The van der Waals surface area contributed by atoms with Crippen molar-refractivity contribution in [2.24, 2.45) is 0 Å². The number of hydrogen-bond acceptors (Lipinski definition) is 2. The van der Waals surface area contributed by atoms with Gasteiger partial charge in [-0.3, -0.25) is 0 Å². The SMILES string of the molecule is CCCCC[C@H]1CO[C@H](c2cccc(F)c2)CO1. The van der Waals surface area contributed by atoms with Crippen LogP contribution < -0.4 is 0 Å². The molecule has 0 saturated carbocycles. The second-order valence-corrected chi connectivity index (χ2v) is 4.83. The minimum atomic E-state index is -0.221. The summed E-state index contributed by atoms with van der Waals surface area (Å²) in [7, 11) is 0. The molecule has 3 heteroatoms. The molecule has 1 saturated heterocycles. The van der Waals surface area contributed by atoms with Gasteiger partial charge in [0.05, 0.1) is 19.3 Å². The van der Waals surface area contributed by atoms with Crippen LogP contribution in [0.3, 0.4) is 0 Å². The number of unbranched alkanes of at least 4 members (excludes halogenated alkanes) is 2. The summed E-state index contributed by atoms with van der Waals surface area (Å²) < 4.78 is 24.7. The molecule has 0 aromatic heterocycles. The molecule has 100 valence electrons. The number of hydrogen-bond donors (Lipinski definition) is 0. The van der Waals surface area contributed by atoms with Gasteiger partial charge >= 0.3 is 0 Å². The molecule has 1 aromatic rings. The first-order valence-corrected chi connectivity index (χ1v) is 6.78. The van der Waals surface area contributed by atoms with E-state index in [0.29, 0.717) is 13.2 Å². The second-order valence-electron chi connectivity index (χ2n) is 4.83. The highest BCUT2D eigenvalue weighted by atomic mass is 19.1. The van der Waals surface area contributed by atoms with Gasteiger partial charge < -0.3 is 9.47 Å². The molecule has 2 nitrogen and oxygen atoms in total. The van der Waals surface area contributed by atoms with Gasteiger partial charge in [-0.25, -0.2) is 4.39 Å². The Bertz CT molecular complexity index is 359. The fraction of sp³-hybridized carbons (Fsp3) is 0.600. The standard InChI is InChI=1S/C15H21FO2/c1-2-3-4-8-14-10-18-15(11-17-14)12-6-5-7-13(16)9-12/h5-7,9,14-15H,2-4,8,10-11H2,1H3/t14-,15-/m0/s1. The summed E-state index contributed by atoms with van der Waals surface area (Å²) in [4.78, 5) is 0. The lowest BCUT2D eigenvalue weighted by atomic mass is 10.1. The Morgan fingerprint density at radius 1 is 1.22 bits per heavy atom. The molecule has 0 radical (unpaired) electrons. The summed E-state index contributed by atoms with van der Waals surface area (Å²) in [5.74, 6) is -0.221. The smallest absolute Gasteiger partial charge is 0.123 e. The number of benzene rings is 1. The van der Waals surface area contributed by atoms with E-state index in [0.717, 1.165) is 12.0 Å². The van der Waals surface area contributed by atoms with E-state index in [2.05, 4.69) is 6.92 Å². The van der Waals surface area contributed by atoms with Crippen molar-refractivity contribution in [1.29, 1.82) is 0 Å². The Morgan fingerprint density at radius 2 is 2.11 bits per heavy atom. The molecule has 2 rings (SSSR count). The third-order valence-corrected chi connectivity index (χ3v) is 3.32. The zero-order valence-electron chi connectivity index (χ0n) is 10.9. The van der Waals surface area contributed by atoms with Gasteiger partial charge in [0, 0.05) is 0 Å². The molecule has 1 aliphatic rings. The molecule has 1 aromatic carbocycles. The van der Waals surface area contributed by atoms with Gasteiger partial charge in [0.2, 0.25) is 0 Å². The summed E-state index contributed by atoms with van der Waals surface area (Å²) in [6.07, 6.45) is 4.80. The minimum absolute atomic E-state index is 0.122. The highest BCUT2D eigenvalue weighted by Crippen LogP contribution is 2.25. The lowest BCUT2D eigenvalue weighted by molar-refractivity contribution is -0.137. The van der Waals surface area contributed by atoms with Crippen LogP contribution in [-0.2, 0) is 9.47 Å². The molecule has 0 aliphatic carbocycles. The van der Waals surface area contributed by atoms with Gasteiger partial charge in [-0.1, -0.05) is 38.3 Å². The van der Waals surface area contributed by atoms with Gasteiger partial charge in [-0.15, -0.1) is 0 Å². The van der Waals surface area contributed by atoms with Crippen LogP contribution in [0.5, 0.6) is 0 Å². The summed E-state index contributed by atoms with van der Waals surface area (Å²) in [5, 5.41) is 0. The topological polar surface area (TPSA) is 18.5 Å². The second kappa shape index (κ2) is 6.86. The summed E-state index contributed by atoms with van der Waals surface area (Å²) in [6.45, 7) is 3.34. The van der Waals surface area contributed by atoms with E-state index in [-0.39, 0.29) is 18.0 Å². The van der Waals surface area contributed by atoms with Crippen molar-refractivity contribution in [3.63, 3.8) is 0 Å². The first-order valence-electron chi connectivity index (χ1n) is 6.78. The molecule has 0 spiro atoms. The van der Waals surface area contributed by atoms with Crippen LogP contribution in [0.1, 0.15) is 44.3 Å². The maximum Gasteiger partial charge on any atom is 0.123 e. The molecule has 1 fully saturated rings. The predicted molar refractivity (Wildman–Crippen MR) is 69.0 cm³/mol. The average molecular weight is 252 g/mol. The third kappa shape index (κ3) is 3.79. The lowest BCUT2D eigenvalue weighted by Gasteiger charge is -2.29. The summed E-state index contributed by atoms with van der Waals surface area (Å²) in [5.41, 5.74) is 0.863. The monoisotopic (exact) mass is 252 g/mol. The van der Waals surface area contributed by atoms with Crippen LogP contribution in [0.2, 0.25) is 0 Å². The van der Waals surface area contributed by atoms with Crippen LogP contribution >= 0.6 is 0 Å². The quantitative estimate of drug-likeness (QED) is 0.741. The Kier molecular flexibility index (Phi) is 5.14. The van der Waals surface area contributed by atoms with Crippen LogP contribution in [0.4, 0.5) is 4.39 Å².